The Morgan fingerprint density at radius 3 is 1.63 bits per heavy atom. The standard InChI is InChI=1S/C32H45I2N7O16/c33-18-7-17(8-19(34)29(18)53)9-21(30(54)38-20(32(56)57)3-1-2-4-35)37-23(42)10-36-31(55)22(41(15-27(49)50)16-28(51)52)11-39(12-24(43)44)5-6-40(13-25(45)46)14-26(47)48/h7-8,20-22,53H,1-6,9-16,35H2,(H,36,55)(H,37,42)(H,38,54)(H,43,44)(H,45,46)(H,47,48)(H,49,50)(H,51,52)(H,56,57)/t20-,21-,22?/m0/s1. The molecule has 0 saturated heterocycles. The van der Waals surface area contributed by atoms with Crippen molar-refractivity contribution >= 4 is 98.7 Å². The molecule has 1 rings (SSSR count). The van der Waals surface area contributed by atoms with E-state index in [9.17, 15) is 68.7 Å². The summed E-state index contributed by atoms with van der Waals surface area (Å²) < 4.78 is 0.813. The van der Waals surface area contributed by atoms with Crippen LogP contribution in [0.25, 0.3) is 0 Å². The number of carboxylic acid groups (broad SMARTS) is 6. The quantitative estimate of drug-likeness (QED) is 0.0284. The van der Waals surface area contributed by atoms with Crippen LogP contribution in [0.2, 0.25) is 0 Å². The van der Waals surface area contributed by atoms with E-state index >= 15 is 0 Å². The number of phenols is 1. The van der Waals surface area contributed by atoms with Crippen LogP contribution in [0.4, 0.5) is 0 Å². The Morgan fingerprint density at radius 1 is 0.667 bits per heavy atom. The lowest BCUT2D eigenvalue weighted by Crippen LogP contribution is -2.58. The van der Waals surface area contributed by atoms with Gasteiger partial charge in [-0.2, -0.15) is 0 Å². The molecule has 0 saturated carbocycles. The van der Waals surface area contributed by atoms with Crippen molar-refractivity contribution in [3.05, 3.63) is 24.8 Å². The summed E-state index contributed by atoms with van der Waals surface area (Å²) in [5.74, 6) is -11.9. The zero-order valence-corrected chi connectivity index (χ0v) is 34.6. The largest absolute Gasteiger partial charge is 0.506 e. The van der Waals surface area contributed by atoms with Crippen LogP contribution in [0.5, 0.6) is 5.75 Å². The molecule has 0 fully saturated rings. The Morgan fingerprint density at radius 2 is 1.16 bits per heavy atom. The van der Waals surface area contributed by atoms with Crippen LogP contribution in [0.3, 0.4) is 0 Å². The van der Waals surface area contributed by atoms with Gasteiger partial charge in [0.25, 0.3) is 0 Å². The number of carbonyl (C=O) groups is 9. The normalized spacial score (nSPS) is 12.7. The molecule has 1 unspecified atom stereocenters. The van der Waals surface area contributed by atoms with Crippen molar-refractivity contribution in [2.45, 2.75) is 43.8 Å². The van der Waals surface area contributed by atoms with E-state index in [4.69, 9.17) is 15.9 Å². The highest BCUT2D eigenvalue weighted by molar-refractivity contribution is 14.1. The summed E-state index contributed by atoms with van der Waals surface area (Å²) >= 11 is 3.70. The van der Waals surface area contributed by atoms with Crippen molar-refractivity contribution in [3.8, 4) is 5.75 Å². The number of unbranched alkanes of at least 4 members (excludes halogenated alkanes) is 1. The molecule has 1 aromatic carbocycles. The molecule has 0 heterocycles. The molecule has 0 spiro atoms. The fourth-order valence-corrected chi connectivity index (χ4v) is 7.17. The van der Waals surface area contributed by atoms with Gasteiger partial charge >= 0.3 is 35.8 Å². The van der Waals surface area contributed by atoms with Crippen LogP contribution in [-0.4, -0.2) is 188 Å². The number of nitrogens with one attached hydrogen (secondary N) is 3. The van der Waals surface area contributed by atoms with Gasteiger partial charge < -0.3 is 57.4 Å². The fourth-order valence-electron chi connectivity index (χ4n) is 5.27. The van der Waals surface area contributed by atoms with Gasteiger partial charge in [0.1, 0.15) is 23.9 Å². The Hall–Kier alpha value is -4.45. The summed E-state index contributed by atoms with van der Waals surface area (Å²) in [4.78, 5) is 113. The first kappa shape index (κ1) is 50.6. The van der Waals surface area contributed by atoms with Crippen LogP contribution in [-0.2, 0) is 49.6 Å². The number of hydrogen-bond acceptors (Lipinski definition) is 14. The maximum atomic E-state index is 13.6. The molecule has 0 bridgehead atoms. The average molecular weight is 1040 g/mol. The van der Waals surface area contributed by atoms with E-state index < -0.39 is 117 Å². The number of aliphatic carboxylic acids is 6. The second-order valence-corrected chi connectivity index (χ2v) is 14.8. The van der Waals surface area contributed by atoms with E-state index in [1.807, 2.05) is 45.2 Å². The summed E-state index contributed by atoms with van der Waals surface area (Å²) in [7, 11) is 0. The van der Waals surface area contributed by atoms with Crippen molar-refractivity contribution in [3.63, 3.8) is 0 Å². The number of aromatic hydroxyl groups is 1. The lowest BCUT2D eigenvalue weighted by atomic mass is 10.0. The van der Waals surface area contributed by atoms with Crippen LogP contribution in [0.1, 0.15) is 24.8 Å². The predicted molar refractivity (Wildman–Crippen MR) is 211 cm³/mol. The Labute approximate surface area is 352 Å². The molecule has 318 valence electrons. The van der Waals surface area contributed by atoms with E-state index in [-0.39, 0.29) is 38.2 Å². The summed E-state index contributed by atoms with van der Waals surface area (Å²) in [6.45, 7) is -6.53. The van der Waals surface area contributed by atoms with Gasteiger partial charge in [0.2, 0.25) is 17.7 Å². The smallest absolute Gasteiger partial charge is 0.326 e. The fraction of sp³-hybridized carbons (Fsp3) is 0.531. The number of carbonyl (C=O) groups excluding carboxylic acids is 3. The van der Waals surface area contributed by atoms with E-state index in [1.54, 1.807) is 0 Å². The van der Waals surface area contributed by atoms with Gasteiger partial charge in [-0.25, -0.2) is 4.79 Å². The number of carboxylic acids is 6. The summed E-state index contributed by atoms with van der Waals surface area (Å²) in [6, 6.07) is -1.52. The maximum Gasteiger partial charge on any atom is 0.326 e. The lowest BCUT2D eigenvalue weighted by molar-refractivity contribution is -0.146. The van der Waals surface area contributed by atoms with Gasteiger partial charge in [0, 0.05) is 26.1 Å². The third-order valence-corrected chi connectivity index (χ3v) is 9.46. The number of nitrogens with two attached hydrogens (primary N) is 1. The van der Waals surface area contributed by atoms with Crippen molar-refractivity contribution in [1.82, 2.24) is 30.7 Å². The van der Waals surface area contributed by atoms with Crippen LogP contribution in [0.15, 0.2) is 12.1 Å². The van der Waals surface area contributed by atoms with Crippen molar-refractivity contribution < 1.29 is 78.9 Å². The number of rotatable bonds is 29. The third-order valence-electron chi connectivity index (χ3n) is 7.81. The first-order valence-electron chi connectivity index (χ1n) is 16.9. The van der Waals surface area contributed by atoms with Crippen molar-refractivity contribution in [1.29, 1.82) is 0 Å². The highest BCUT2D eigenvalue weighted by Crippen LogP contribution is 2.28. The van der Waals surface area contributed by atoms with Crippen LogP contribution < -0.4 is 21.7 Å². The highest BCUT2D eigenvalue weighted by Gasteiger charge is 2.33. The zero-order chi connectivity index (χ0) is 43.4. The highest BCUT2D eigenvalue weighted by atomic mass is 127. The van der Waals surface area contributed by atoms with E-state index in [1.165, 1.54) is 12.1 Å². The minimum atomic E-state index is -1.78. The van der Waals surface area contributed by atoms with Gasteiger partial charge in [-0.3, -0.25) is 53.1 Å². The molecule has 0 aliphatic heterocycles. The Balaban J connectivity index is 3.42. The molecule has 23 nitrogen and oxygen atoms in total. The molecule has 1 aromatic rings. The first-order chi connectivity index (χ1) is 26.6. The molecule has 0 aliphatic rings. The van der Waals surface area contributed by atoms with E-state index in [0.29, 0.717) is 30.4 Å². The lowest BCUT2D eigenvalue weighted by Gasteiger charge is -2.33. The number of benzene rings is 1. The second-order valence-electron chi connectivity index (χ2n) is 12.5. The molecule has 0 radical (unpaired) electrons. The summed E-state index contributed by atoms with van der Waals surface area (Å²) in [5.41, 5.74) is 5.94. The predicted octanol–water partition coefficient (Wildman–Crippen LogP) is -2.86. The molecule has 0 aromatic heterocycles. The molecule has 3 atom stereocenters. The number of hydrogen-bond donors (Lipinski definition) is 11. The molecule has 57 heavy (non-hydrogen) atoms. The molecule has 3 amide bonds. The monoisotopic (exact) mass is 1040 g/mol. The maximum absolute atomic E-state index is 13.6. The number of phenolic OH excluding ortho intramolecular Hbond substituents is 1. The molecule has 12 N–H and O–H groups in total. The zero-order valence-electron chi connectivity index (χ0n) is 30.3. The number of amides is 3. The Kier molecular flexibility index (Phi) is 22.8. The number of halogens is 2. The second kappa shape index (κ2) is 25.7. The first-order valence-corrected chi connectivity index (χ1v) is 19.0. The third kappa shape index (κ3) is 20.5. The van der Waals surface area contributed by atoms with E-state index in [0.717, 1.165) is 9.80 Å². The average Bonchev–Trinajstić information content (AvgIpc) is 3.08. The molecular weight excluding hydrogens is 992 g/mol. The molecule has 25 heteroatoms. The minimum Gasteiger partial charge on any atom is -0.506 e. The van der Waals surface area contributed by atoms with Gasteiger partial charge in [0.05, 0.1) is 46.4 Å². The van der Waals surface area contributed by atoms with Crippen molar-refractivity contribution in [2.24, 2.45) is 5.73 Å². The SMILES string of the molecule is NCCCC[C@H](NC(=O)[C@H](Cc1cc(I)c(O)c(I)c1)NC(=O)CNC(=O)C(CN(CCN(CC(=O)O)CC(=O)O)CC(=O)O)N(CC(=O)O)CC(=O)O)C(=O)O. The van der Waals surface area contributed by atoms with Gasteiger partial charge in [0.15, 0.2) is 0 Å². The Bertz CT molecular complexity index is 1580. The van der Waals surface area contributed by atoms with E-state index in [2.05, 4.69) is 16.0 Å². The molecule has 0 aliphatic carbocycles. The summed E-state index contributed by atoms with van der Waals surface area (Å²) in [6.07, 6.45) is 0.638. The number of nitrogens with zero attached hydrogens (tertiary/aromatic N) is 3. The van der Waals surface area contributed by atoms with Gasteiger partial charge in [-0.1, -0.05) is 0 Å². The minimum absolute atomic E-state index is 0.0185. The van der Waals surface area contributed by atoms with Crippen molar-refractivity contribution in [2.75, 3.05) is 65.4 Å². The topological polar surface area (TPSA) is 367 Å². The van der Waals surface area contributed by atoms with Gasteiger partial charge in [-0.15, -0.1) is 0 Å². The van der Waals surface area contributed by atoms with Crippen LogP contribution >= 0.6 is 45.2 Å². The molecular formula is C32H45I2N7O16. The van der Waals surface area contributed by atoms with Gasteiger partial charge in [-0.05, 0) is 88.7 Å². The summed E-state index contributed by atoms with van der Waals surface area (Å²) in [5, 5.41) is 73.7. The van der Waals surface area contributed by atoms with Crippen LogP contribution in [0, 0.1) is 7.14 Å².